The number of esters is 1. The topological polar surface area (TPSA) is 52.3 Å². The van der Waals surface area contributed by atoms with Crippen LogP contribution < -0.4 is 5.73 Å². The van der Waals surface area contributed by atoms with Gasteiger partial charge in [-0.05, 0) is 134 Å². The van der Waals surface area contributed by atoms with Gasteiger partial charge in [0.15, 0.2) is 0 Å². The zero-order chi connectivity index (χ0) is 27.2. The van der Waals surface area contributed by atoms with Crippen LogP contribution in [0.25, 0.3) is 0 Å². The minimum absolute atomic E-state index is 0.0496. The van der Waals surface area contributed by atoms with Crippen LogP contribution in [0, 0.1) is 58.2 Å². The van der Waals surface area contributed by atoms with E-state index in [4.69, 9.17) is 10.5 Å². The number of benzene rings is 1. The smallest absolute Gasteiger partial charge is 0.338 e. The average molecular weight is 522 g/mol. The van der Waals surface area contributed by atoms with Crippen molar-refractivity contribution in [2.24, 2.45) is 58.2 Å². The number of ether oxygens (including phenoxy) is 1. The van der Waals surface area contributed by atoms with Gasteiger partial charge in [0.25, 0.3) is 0 Å². The van der Waals surface area contributed by atoms with Gasteiger partial charge < -0.3 is 10.5 Å². The molecule has 4 saturated carbocycles. The number of nitrogen functional groups attached to an aromatic ring is 1. The first-order chi connectivity index (χ1) is 18.0. The van der Waals surface area contributed by atoms with Crippen LogP contribution in [0.3, 0.4) is 0 Å². The van der Waals surface area contributed by atoms with E-state index in [9.17, 15) is 4.79 Å². The van der Waals surface area contributed by atoms with Gasteiger partial charge in [-0.3, -0.25) is 0 Å². The van der Waals surface area contributed by atoms with E-state index in [-0.39, 0.29) is 12.1 Å². The van der Waals surface area contributed by atoms with Crippen LogP contribution in [0.4, 0.5) is 5.69 Å². The molecule has 212 valence electrons. The molecule has 3 heteroatoms. The summed E-state index contributed by atoms with van der Waals surface area (Å²) >= 11 is 0. The van der Waals surface area contributed by atoms with Crippen LogP contribution in [0.5, 0.6) is 0 Å². The minimum Gasteiger partial charge on any atom is -0.459 e. The molecule has 0 heterocycles. The molecule has 38 heavy (non-hydrogen) atoms. The lowest BCUT2D eigenvalue weighted by atomic mass is 9.42. The van der Waals surface area contributed by atoms with Crippen LogP contribution in [0.15, 0.2) is 24.3 Å². The van der Waals surface area contributed by atoms with Crippen molar-refractivity contribution in [3.05, 3.63) is 29.8 Å². The lowest BCUT2D eigenvalue weighted by Gasteiger charge is -2.63. The zero-order valence-electron chi connectivity index (χ0n) is 25.2. The molecule has 3 nitrogen and oxygen atoms in total. The van der Waals surface area contributed by atoms with E-state index in [2.05, 4.69) is 41.5 Å². The summed E-state index contributed by atoms with van der Waals surface area (Å²) in [5.74, 6) is 6.48. The predicted octanol–water partition coefficient (Wildman–Crippen LogP) is 9.16. The molecule has 1 aromatic rings. The van der Waals surface area contributed by atoms with Crippen LogP contribution >= 0.6 is 0 Å². The Hall–Kier alpha value is -1.51. The predicted molar refractivity (Wildman–Crippen MR) is 158 cm³/mol. The fraction of sp³-hybridized carbons (Fsp3) is 0.800. The Bertz CT molecular complexity index is 971. The second kappa shape index (κ2) is 10.8. The summed E-state index contributed by atoms with van der Waals surface area (Å²) < 4.78 is 6.09. The van der Waals surface area contributed by atoms with Crippen molar-refractivity contribution in [2.75, 3.05) is 5.73 Å². The molecule has 5 rings (SSSR count). The van der Waals surface area contributed by atoms with Crippen molar-refractivity contribution < 1.29 is 9.53 Å². The SMILES string of the molecule is CC(C)CCCC(C)C1CCC2C3CC(C)C4CC(OC(=O)c5ccc(N)cc5)CCC4(C)C3CCC12C. The van der Waals surface area contributed by atoms with E-state index in [1.54, 1.807) is 24.3 Å². The number of hydrogen-bond acceptors (Lipinski definition) is 3. The van der Waals surface area contributed by atoms with Crippen LogP contribution in [-0.2, 0) is 4.74 Å². The van der Waals surface area contributed by atoms with E-state index in [1.807, 2.05) is 0 Å². The fourth-order valence-electron chi connectivity index (χ4n) is 10.7. The van der Waals surface area contributed by atoms with Crippen molar-refractivity contribution in [1.29, 1.82) is 0 Å². The molecule has 4 aliphatic carbocycles. The first-order valence-corrected chi connectivity index (χ1v) is 16.1. The third-order valence-corrected chi connectivity index (χ3v) is 12.6. The number of rotatable bonds is 7. The number of carbonyl (C=O) groups excluding carboxylic acids is 1. The van der Waals surface area contributed by atoms with Crippen molar-refractivity contribution in [3.63, 3.8) is 0 Å². The van der Waals surface area contributed by atoms with Crippen molar-refractivity contribution in [3.8, 4) is 0 Å². The summed E-state index contributed by atoms with van der Waals surface area (Å²) in [7, 11) is 0. The maximum atomic E-state index is 12.9. The summed E-state index contributed by atoms with van der Waals surface area (Å²) in [5, 5.41) is 0. The summed E-state index contributed by atoms with van der Waals surface area (Å²) in [6.07, 6.45) is 14.7. The monoisotopic (exact) mass is 521 g/mol. The normalized spacial score (nSPS) is 41.2. The van der Waals surface area contributed by atoms with Gasteiger partial charge in [-0.2, -0.15) is 0 Å². The van der Waals surface area contributed by atoms with Crippen molar-refractivity contribution in [2.45, 2.75) is 118 Å². The molecule has 10 atom stereocenters. The fourth-order valence-corrected chi connectivity index (χ4v) is 10.7. The molecule has 0 saturated heterocycles. The molecule has 0 radical (unpaired) electrons. The van der Waals surface area contributed by atoms with E-state index in [0.29, 0.717) is 33.9 Å². The molecule has 4 aliphatic rings. The first-order valence-electron chi connectivity index (χ1n) is 16.1. The average Bonchev–Trinajstić information content (AvgIpc) is 3.22. The Morgan fingerprint density at radius 2 is 1.61 bits per heavy atom. The molecule has 2 N–H and O–H groups in total. The van der Waals surface area contributed by atoms with Gasteiger partial charge in [-0.25, -0.2) is 4.79 Å². The van der Waals surface area contributed by atoms with Gasteiger partial charge in [0.05, 0.1) is 5.56 Å². The van der Waals surface area contributed by atoms with E-state index in [0.717, 1.165) is 48.3 Å². The zero-order valence-corrected chi connectivity index (χ0v) is 25.2. The molecule has 0 bridgehead atoms. The molecular weight excluding hydrogens is 466 g/mol. The highest BCUT2D eigenvalue weighted by molar-refractivity contribution is 5.89. The second-order valence-electron chi connectivity index (χ2n) is 15.2. The van der Waals surface area contributed by atoms with E-state index >= 15 is 0 Å². The van der Waals surface area contributed by atoms with E-state index in [1.165, 1.54) is 57.8 Å². The molecule has 0 aromatic heterocycles. The minimum atomic E-state index is -0.187. The summed E-state index contributed by atoms with van der Waals surface area (Å²) in [6, 6.07) is 7.15. The van der Waals surface area contributed by atoms with Crippen LogP contribution in [0.2, 0.25) is 0 Å². The Morgan fingerprint density at radius 3 is 2.32 bits per heavy atom. The lowest BCUT2D eigenvalue weighted by molar-refractivity contribution is -0.149. The number of hydrogen-bond donors (Lipinski definition) is 1. The third kappa shape index (κ3) is 5.05. The van der Waals surface area contributed by atoms with Crippen LogP contribution in [-0.4, -0.2) is 12.1 Å². The highest BCUT2D eigenvalue weighted by Crippen LogP contribution is 2.69. The van der Waals surface area contributed by atoms with Gasteiger partial charge in [-0.1, -0.05) is 60.8 Å². The third-order valence-electron chi connectivity index (χ3n) is 12.6. The summed E-state index contributed by atoms with van der Waals surface area (Å²) in [4.78, 5) is 12.9. The highest BCUT2D eigenvalue weighted by Gasteiger charge is 2.62. The summed E-state index contributed by atoms with van der Waals surface area (Å²) in [6.45, 7) is 15.2. The Kier molecular flexibility index (Phi) is 7.98. The maximum absolute atomic E-state index is 12.9. The molecule has 1 aromatic carbocycles. The number of carbonyl (C=O) groups is 1. The Labute approximate surface area is 233 Å². The van der Waals surface area contributed by atoms with Gasteiger partial charge in [0.1, 0.15) is 6.10 Å². The Morgan fingerprint density at radius 1 is 0.921 bits per heavy atom. The largest absolute Gasteiger partial charge is 0.459 e. The number of nitrogens with two attached hydrogens (primary N) is 1. The van der Waals surface area contributed by atoms with E-state index < -0.39 is 0 Å². The molecule has 0 spiro atoms. The second-order valence-corrected chi connectivity index (χ2v) is 15.2. The molecule has 4 fully saturated rings. The standard InChI is InChI=1S/C35H55NO2/c1-22(2)8-7-9-23(3)29-14-15-30-28-20-24(4)32-21-27(38-33(37)25-10-12-26(36)13-11-25)16-18-35(32,6)31(28)17-19-34(29,30)5/h10-13,22-24,27-32H,7-9,14-21,36H2,1-6H3. The van der Waals surface area contributed by atoms with Crippen LogP contribution in [0.1, 0.15) is 123 Å². The highest BCUT2D eigenvalue weighted by atomic mass is 16.5. The van der Waals surface area contributed by atoms with Crippen molar-refractivity contribution in [1.82, 2.24) is 0 Å². The lowest BCUT2D eigenvalue weighted by Crippen LogP contribution is -2.56. The van der Waals surface area contributed by atoms with Gasteiger partial charge in [0, 0.05) is 5.69 Å². The molecular formula is C35H55NO2. The maximum Gasteiger partial charge on any atom is 0.338 e. The van der Waals surface area contributed by atoms with Gasteiger partial charge in [0.2, 0.25) is 0 Å². The number of anilines is 1. The summed E-state index contributed by atoms with van der Waals surface area (Å²) in [5.41, 5.74) is 8.05. The molecule has 0 aliphatic heterocycles. The molecule has 0 amide bonds. The van der Waals surface area contributed by atoms with Gasteiger partial charge >= 0.3 is 5.97 Å². The quantitative estimate of drug-likeness (QED) is 0.287. The van der Waals surface area contributed by atoms with Gasteiger partial charge in [-0.15, -0.1) is 0 Å². The Balaban J connectivity index is 1.25. The van der Waals surface area contributed by atoms with Crippen molar-refractivity contribution >= 4 is 11.7 Å². The number of fused-ring (bicyclic) bond motifs is 5. The molecule has 10 unspecified atom stereocenters. The first kappa shape index (κ1) is 28.0.